The maximum Gasteiger partial charge on any atom is 0.238 e. The molecule has 0 aliphatic carbocycles. The van der Waals surface area contributed by atoms with Crippen LogP contribution in [-0.2, 0) is 17.8 Å². The van der Waals surface area contributed by atoms with Crippen LogP contribution in [0.5, 0.6) is 0 Å². The lowest BCUT2D eigenvalue weighted by Gasteiger charge is -2.31. The summed E-state index contributed by atoms with van der Waals surface area (Å²) >= 11 is 0. The highest BCUT2D eigenvalue weighted by atomic mass is 16.2. The monoisotopic (exact) mass is 340 g/mol. The normalized spacial score (nSPS) is 16.1. The van der Waals surface area contributed by atoms with Crippen LogP contribution in [0.2, 0.25) is 0 Å². The highest BCUT2D eigenvalue weighted by Gasteiger charge is 2.21. The van der Waals surface area contributed by atoms with Gasteiger partial charge >= 0.3 is 0 Å². The number of hydrogen-bond acceptors (Lipinski definition) is 3. The van der Waals surface area contributed by atoms with Crippen molar-refractivity contribution < 1.29 is 4.79 Å². The number of rotatable bonds is 6. The fourth-order valence-corrected chi connectivity index (χ4v) is 3.47. The van der Waals surface area contributed by atoms with Gasteiger partial charge < -0.3 is 9.88 Å². The van der Waals surface area contributed by atoms with Crippen molar-refractivity contribution in [3.8, 4) is 0 Å². The van der Waals surface area contributed by atoms with Gasteiger partial charge in [0.1, 0.15) is 5.82 Å². The van der Waals surface area contributed by atoms with Crippen molar-refractivity contribution >= 4 is 11.6 Å². The summed E-state index contributed by atoms with van der Waals surface area (Å²) in [5.41, 5.74) is 2.07. The van der Waals surface area contributed by atoms with Gasteiger partial charge in [0.25, 0.3) is 0 Å². The van der Waals surface area contributed by atoms with E-state index in [4.69, 9.17) is 0 Å². The van der Waals surface area contributed by atoms with E-state index in [9.17, 15) is 4.79 Å². The van der Waals surface area contributed by atoms with E-state index in [1.165, 1.54) is 11.4 Å². The van der Waals surface area contributed by atoms with E-state index in [1.807, 2.05) is 37.4 Å². The second kappa shape index (κ2) is 8.30. The molecule has 5 nitrogen and oxygen atoms in total. The molecule has 2 heterocycles. The molecule has 1 saturated heterocycles. The van der Waals surface area contributed by atoms with Crippen molar-refractivity contribution in [1.29, 1.82) is 0 Å². The van der Waals surface area contributed by atoms with Crippen LogP contribution in [0, 0.1) is 12.8 Å². The summed E-state index contributed by atoms with van der Waals surface area (Å²) in [6.45, 7) is 7.69. The van der Waals surface area contributed by atoms with Gasteiger partial charge in [-0.25, -0.2) is 4.98 Å². The lowest BCUT2D eigenvalue weighted by Crippen LogP contribution is -2.40. The SMILES string of the molecule is CCc1nccn1CC1CCN(CC(=O)Nc2ccc(C)cc2)CC1. The molecule has 1 aliphatic heterocycles. The van der Waals surface area contributed by atoms with Crippen molar-refractivity contribution in [1.82, 2.24) is 14.5 Å². The van der Waals surface area contributed by atoms with E-state index in [2.05, 4.69) is 32.9 Å². The number of aromatic nitrogens is 2. The second-order valence-corrected chi connectivity index (χ2v) is 6.98. The topological polar surface area (TPSA) is 50.2 Å². The van der Waals surface area contributed by atoms with Crippen molar-refractivity contribution in [2.24, 2.45) is 5.92 Å². The van der Waals surface area contributed by atoms with E-state index in [0.717, 1.165) is 44.6 Å². The fourth-order valence-electron chi connectivity index (χ4n) is 3.47. The van der Waals surface area contributed by atoms with Crippen LogP contribution in [0.3, 0.4) is 0 Å². The van der Waals surface area contributed by atoms with Gasteiger partial charge in [0.05, 0.1) is 6.54 Å². The second-order valence-electron chi connectivity index (χ2n) is 6.98. The average molecular weight is 340 g/mol. The number of likely N-dealkylation sites (tertiary alicyclic amines) is 1. The number of imidazole rings is 1. The van der Waals surface area contributed by atoms with Crippen molar-refractivity contribution in [3.05, 3.63) is 48.0 Å². The molecule has 0 spiro atoms. The van der Waals surface area contributed by atoms with E-state index in [-0.39, 0.29) is 5.91 Å². The third-order valence-electron chi connectivity index (χ3n) is 4.98. The predicted octanol–water partition coefficient (Wildman–Crippen LogP) is 3.10. The predicted molar refractivity (Wildman–Crippen MR) is 101 cm³/mol. The Labute approximate surface area is 150 Å². The highest BCUT2D eigenvalue weighted by molar-refractivity contribution is 5.92. The summed E-state index contributed by atoms with van der Waals surface area (Å²) in [7, 11) is 0. The molecule has 0 saturated carbocycles. The lowest BCUT2D eigenvalue weighted by atomic mass is 9.96. The van der Waals surface area contributed by atoms with Gasteiger partial charge in [0.15, 0.2) is 0 Å². The Morgan fingerprint density at radius 3 is 2.64 bits per heavy atom. The maximum atomic E-state index is 12.2. The van der Waals surface area contributed by atoms with Crippen LogP contribution >= 0.6 is 0 Å². The summed E-state index contributed by atoms with van der Waals surface area (Å²) < 4.78 is 2.28. The molecule has 1 amide bonds. The largest absolute Gasteiger partial charge is 0.335 e. The molecule has 2 aromatic rings. The van der Waals surface area contributed by atoms with Crippen LogP contribution in [0.15, 0.2) is 36.7 Å². The van der Waals surface area contributed by atoms with Crippen molar-refractivity contribution in [3.63, 3.8) is 0 Å². The van der Waals surface area contributed by atoms with Gasteiger partial charge in [-0.05, 0) is 50.9 Å². The van der Waals surface area contributed by atoms with Gasteiger partial charge in [0, 0.05) is 31.0 Å². The Bertz CT molecular complexity index is 684. The molecular weight excluding hydrogens is 312 g/mol. The number of hydrogen-bond donors (Lipinski definition) is 1. The molecule has 1 aromatic carbocycles. The summed E-state index contributed by atoms with van der Waals surface area (Å²) in [5, 5.41) is 2.99. The molecule has 25 heavy (non-hydrogen) atoms. The molecule has 0 atom stereocenters. The van der Waals surface area contributed by atoms with Crippen LogP contribution in [0.4, 0.5) is 5.69 Å². The Hall–Kier alpha value is -2.14. The first-order valence-electron chi connectivity index (χ1n) is 9.23. The van der Waals surface area contributed by atoms with Crippen molar-refractivity contribution in [2.45, 2.75) is 39.7 Å². The molecule has 0 bridgehead atoms. The van der Waals surface area contributed by atoms with E-state index < -0.39 is 0 Å². The Morgan fingerprint density at radius 2 is 1.96 bits per heavy atom. The molecule has 3 rings (SSSR count). The number of piperidine rings is 1. The van der Waals surface area contributed by atoms with E-state index in [1.54, 1.807) is 0 Å². The van der Waals surface area contributed by atoms with Gasteiger partial charge in [0.2, 0.25) is 5.91 Å². The van der Waals surface area contributed by atoms with Gasteiger partial charge in [-0.1, -0.05) is 24.6 Å². The van der Waals surface area contributed by atoms with E-state index in [0.29, 0.717) is 12.5 Å². The Morgan fingerprint density at radius 1 is 1.24 bits per heavy atom. The average Bonchev–Trinajstić information content (AvgIpc) is 3.06. The standard InChI is InChI=1S/C20H28N4O/c1-3-19-21-10-13-24(19)14-17-8-11-23(12-9-17)15-20(25)22-18-6-4-16(2)5-7-18/h4-7,10,13,17H,3,8-9,11-12,14-15H2,1-2H3,(H,22,25). The first-order chi connectivity index (χ1) is 12.1. The van der Waals surface area contributed by atoms with Gasteiger partial charge in [-0.2, -0.15) is 0 Å². The molecule has 134 valence electrons. The van der Waals surface area contributed by atoms with Crippen LogP contribution in [0.25, 0.3) is 0 Å². The number of carbonyl (C=O) groups excluding carboxylic acids is 1. The number of carbonyl (C=O) groups is 1. The number of anilines is 1. The zero-order valence-electron chi connectivity index (χ0n) is 15.2. The van der Waals surface area contributed by atoms with Crippen LogP contribution in [-0.4, -0.2) is 40.0 Å². The minimum Gasteiger partial charge on any atom is -0.335 e. The third-order valence-corrected chi connectivity index (χ3v) is 4.98. The number of nitrogens with zero attached hydrogens (tertiary/aromatic N) is 3. The maximum absolute atomic E-state index is 12.2. The Balaban J connectivity index is 1.43. The number of amides is 1. The van der Waals surface area contributed by atoms with Crippen molar-refractivity contribution in [2.75, 3.05) is 25.0 Å². The van der Waals surface area contributed by atoms with Gasteiger partial charge in [-0.3, -0.25) is 9.69 Å². The quantitative estimate of drug-likeness (QED) is 0.879. The molecule has 0 radical (unpaired) electrons. The summed E-state index contributed by atoms with van der Waals surface area (Å²) in [6.07, 6.45) is 7.23. The first-order valence-corrected chi connectivity index (χ1v) is 9.23. The number of aryl methyl sites for hydroxylation is 2. The molecule has 0 unspecified atom stereocenters. The molecule has 1 fully saturated rings. The van der Waals surface area contributed by atoms with Gasteiger partial charge in [-0.15, -0.1) is 0 Å². The third kappa shape index (κ3) is 4.92. The molecule has 1 N–H and O–H groups in total. The Kier molecular flexibility index (Phi) is 5.87. The van der Waals surface area contributed by atoms with E-state index >= 15 is 0 Å². The molecule has 5 heteroatoms. The molecule has 1 aromatic heterocycles. The highest BCUT2D eigenvalue weighted by Crippen LogP contribution is 2.20. The number of nitrogens with one attached hydrogen (secondary N) is 1. The minimum atomic E-state index is 0.0742. The fraction of sp³-hybridized carbons (Fsp3) is 0.500. The number of benzene rings is 1. The lowest BCUT2D eigenvalue weighted by molar-refractivity contribution is -0.117. The summed E-state index contributed by atoms with van der Waals surface area (Å²) in [5.74, 6) is 1.92. The zero-order chi connectivity index (χ0) is 17.6. The minimum absolute atomic E-state index is 0.0742. The molecule has 1 aliphatic rings. The first kappa shape index (κ1) is 17.7. The van der Waals surface area contributed by atoms with Crippen LogP contribution < -0.4 is 5.32 Å². The van der Waals surface area contributed by atoms with Crippen LogP contribution in [0.1, 0.15) is 31.2 Å². The molecular formula is C20H28N4O. The smallest absolute Gasteiger partial charge is 0.238 e. The summed E-state index contributed by atoms with van der Waals surface area (Å²) in [6, 6.07) is 7.94. The zero-order valence-corrected chi connectivity index (χ0v) is 15.2. The summed E-state index contributed by atoms with van der Waals surface area (Å²) in [4.78, 5) is 18.9.